The Morgan fingerprint density at radius 3 is 2.43 bits per heavy atom. The van der Waals surface area contributed by atoms with Crippen LogP contribution in [0.25, 0.3) is 0 Å². The lowest BCUT2D eigenvalue weighted by Crippen LogP contribution is -2.13. The number of benzene rings is 1. The first-order valence-corrected chi connectivity index (χ1v) is 4.66. The summed E-state index contributed by atoms with van der Waals surface area (Å²) in [6, 6.07) is 5.98. The fraction of sp³-hybridized carbons (Fsp3) is 0.364. The number of hydrogen-bond donors (Lipinski definition) is 1. The van der Waals surface area contributed by atoms with Gasteiger partial charge in [0.2, 0.25) is 0 Å². The Morgan fingerprint density at radius 2 is 1.93 bits per heavy atom. The summed E-state index contributed by atoms with van der Waals surface area (Å²) < 4.78 is 12.6. The summed E-state index contributed by atoms with van der Waals surface area (Å²) in [5, 5.41) is 0. The Bertz CT molecular complexity index is 315. The highest BCUT2D eigenvalue weighted by Gasteiger charge is 1.98. The molecule has 3 heteroatoms. The first-order valence-electron chi connectivity index (χ1n) is 4.66. The number of halogens is 1. The van der Waals surface area contributed by atoms with E-state index in [0.717, 1.165) is 6.42 Å². The van der Waals surface area contributed by atoms with Crippen LogP contribution in [-0.2, 0) is 0 Å². The van der Waals surface area contributed by atoms with Crippen LogP contribution in [0.2, 0.25) is 0 Å². The summed E-state index contributed by atoms with van der Waals surface area (Å²) >= 11 is 0. The average molecular weight is 194 g/mol. The lowest BCUT2D eigenvalue weighted by atomic mass is 10.1. The minimum Gasteiger partial charge on any atom is -0.387 e. The second-order valence-electron chi connectivity index (χ2n) is 3.68. The molecule has 0 aliphatic heterocycles. The molecule has 1 aromatic rings. The van der Waals surface area contributed by atoms with Gasteiger partial charge in [-0.15, -0.1) is 0 Å². The molecule has 14 heavy (non-hydrogen) atoms. The molecule has 0 radical (unpaired) electrons. The van der Waals surface area contributed by atoms with E-state index in [2.05, 4.69) is 18.8 Å². The van der Waals surface area contributed by atoms with Crippen LogP contribution >= 0.6 is 0 Å². The quantitative estimate of drug-likeness (QED) is 0.583. The van der Waals surface area contributed by atoms with Gasteiger partial charge in [-0.05, 0) is 30.2 Å². The van der Waals surface area contributed by atoms with Gasteiger partial charge < -0.3 is 5.73 Å². The van der Waals surface area contributed by atoms with Crippen LogP contribution in [-0.4, -0.2) is 5.84 Å². The van der Waals surface area contributed by atoms with Crippen LogP contribution in [0.1, 0.15) is 20.3 Å². The first-order chi connectivity index (χ1) is 6.58. The van der Waals surface area contributed by atoms with E-state index in [1.54, 1.807) is 12.1 Å². The van der Waals surface area contributed by atoms with Crippen molar-refractivity contribution < 1.29 is 4.39 Å². The predicted octanol–water partition coefficient (Wildman–Crippen LogP) is 2.86. The van der Waals surface area contributed by atoms with E-state index in [1.807, 2.05) is 0 Å². The highest BCUT2D eigenvalue weighted by atomic mass is 19.1. The molecule has 2 nitrogen and oxygen atoms in total. The minimum absolute atomic E-state index is 0.258. The molecule has 0 aliphatic rings. The molecule has 0 atom stereocenters. The summed E-state index contributed by atoms with van der Waals surface area (Å²) in [6.07, 6.45) is 0.761. The predicted molar refractivity (Wildman–Crippen MR) is 57.1 cm³/mol. The van der Waals surface area contributed by atoms with Gasteiger partial charge in [0.25, 0.3) is 0 Å². The molecule has 2 N–H and O–H groups in total. The molecule has 0 saturated heterocycles. The molecule has 0 heterocycles. The molecule has 1 rings (SSSR count). The molecule has 0 saturated carbocycles. The van der Waals surface area contributed by atoms with E-state index in [1.165, 1.54) is 12.1 Å². The fourth-order valence-electron chi connectivity index (χ4n) is 1.15. The van der Waals surface area contributed by atoms with Crippen molar-refractivity contribution in [2.45, 2.75) is 20.3 Å². The molecule has 0 aromatic heterocycles. The van der Waals surface area contributed by atoms with Gasteiger partial charge in [0.05, 0.1) is 11.5 Å². The maximum atomic E-state index is 12.6. The molecule has 0 amide bonds. The standard InChI is InChI=1S/C11H15FN2/c1-8(2)7-11(13)14-10-5-3-9(12)4-6-10/h3-6,8H,7H2,1-2H3,(H2,13,14). The van der Waals surface area contributed by atoms with E-state index in [-0.39, 0.29) is 5.82 Å². The Hall–Kier alpha value is -1.38. The smallest absolute Gasteiger partial charge is 0.123 e. The molecular weight excluding hydrogens is 179 g/mol. The topological polar surface area (TPSA) is 38.4 Å². The molecule has 0 spiro atoms. The van der Waals surface area contributed by atoms with E-state index in [0.29, 0.717) is 17.4 Å². The number of aliphatic imine (C=N–C) groups is 1. The van der Waals surface area contributed by atoms with Crippen LogP contribution in [0.5, 0.6) is 0 Å². The highest BCUT2D eigenvalue weighted by molar-refractivity contribution is 5.83. The van der Waals surface area contributed by atoms with Crippen LogP contribution in [0.3, 0.4) is 0 Å². The largest absolute Gasteiger partial charge is 0.387 e. The number of nitrogens with two attached hydrogens (primary N) is 1. The summed E-state index contributed by atoms with van der Waals surface area (Å²) in [5.74, 6) is 0.817. The second-order valence-corrected chi connectivity index (χ2v) is 3.68. The van der Waals surface area contributed by atoms with Crippen LogP contribution < -0.4 is 5.73 Å². The van der Waals surface area contributed by atoms with E-state index >= 15 is 0 Å². The summed E-state index contributed by atoms with van der Waals surface area (Å²) in [5.41, 5.74) is 6.40. The zero-order chi connectivity index (χ0) is 10.6. The van der Waals surface area contributed by atoms with Gasteiger partial charge in [-0.3, -0.25) is 0 Å². The van der Waals surface area contributed by atoms with Gasteiger partial charge in [-0.1, -0.05) is 13.8 Å². The van der Waals surface area contributed by atoms with Gasteiger partial charge in [0, 0.05) is 6.42 Å². The fourth-order valence-corrected chi connectivity index (χ4v) is 1.15. The zero-order valence-corrected chi connectivity index (χ0v) is 8.50. The van der Waals surface area contributed by atoms with Gasteiger partial charge in [-0.2, -0.15) is 0 Å². The Labute approximate surface area is 83.7 Å². The zero-order valence-electron chi connectivity index (χ0n) is 8.50. The van der Waals surface area contributed by atoms with E-state index in [4.69, 9.17) is 5.73 Å². The van der Waals surface area contributed by atoms with Crippen molar-refractivity contribution >= 4 is 11.5 Å². The monoisotopic (exact) mass is 194 g/mol. The van der Waals surface area contributed by atoms with Crippen LogP contribution in [0, 0.1) is 11.7 Å². The number of nitrogens with zero attached hydrogens (tertiary/aromatic N) is 1. The maximum Gasteiger partial charge on any atom is 0.123 e. The van der Waals surface area contributed by atoms with Crippen molar-refractivity contribution in [2.24, 2.45) is 16.6 Å². The molecule has 1 aromatic carbocycles. The average Bonchev–Trinajstić information content (AvgIpc) is 2.07. The van der Waals surface area contributed by atoms with Crippen molar-refractivity contribution in [3.05, 3.63) is 30.1 Å². The van der Waals surface area contributed by atoms with E-state index in [9.17, 15) is 4.39 Å². The van der Waals surface area contributed by atoms with Gasteiger partial charge in [0.1, 0.15) is 5.82 Å². The van der Waals surface area contributed by atoms with Crippen LogP contribution in [0.15, 0.2) is 29.3 Å². The molecule has 0 unspecified atom stereocenters. The van der Waals surface area contributed by atoms with Crippen molar-refractivity contribution in [2.75, 3.05) is 0 Å². The lowest BCUT2D eigenvalue weighted by Gasteiger charge is -2.03. The van der Waals surface area contributed by atoms with Crippen molar-refractivity contribution in [3.8, 4) is 0 Å². The van der Waals surface area contributed by atoms with Crippen LogP contribution in [0.4, 0.5) is 10.1 Å². The van der Waals surface area contributed by atoms with Gasteiger partial charge in [0.15, 0.2) is 0 Å². The van der Waals surface area contributed by atoms with Gasteiger partial charge >= 0.3 is 0 Å². The van der Waals surface area contributed by atoms with Crippen molar-refractivity contribution in [1.82, 2.24) is 0 Å². The maximum absolute atomic E-state index is 12.6. The molecule has 76 valence electrons. The van der Waals surface area contributed by atoms with Crippen molar-refractivity contribution in [3.63, 3.8) is 0 Å². The third-order valence-electron chi connectivity index (χ3n) is 1.72. The van der Waals surface area contributed by atoms with E-state index < -0.39 is 0 Å². The third-order valence-corrected chi connectivity index (χ3v) is 1.72. The SMILES string of the molecule is CC(C)CC(N)=Nc1ccc(F)cc1. The normalized spacial score (nSPS) is 12.1. The number of amidine groups is 1. The highest BCUT2D eigenvalue weighted by Crippen LogP contribution is 2.13. The lowest BCUT2D eigenvalue weighted by molar-refractivity contribution is 0.628. The molecule has 0 bridgehead atoms. The number of rotatable bonds is 3. The summed E-state index contributed by atoms with van der Waals surface area (Å²) in [6.45, 7) is 4.15. The molecule has 0 aliphatic carbocycles. The Kier molecular flexibility index (Phi) is 3.63. The second kappa shape index (κ2) is 4.74. The minimum atomic E-state index is -0.258. The Morgan fingerprint density at radius 1 is 1.36 bits per heavy atom. The summed E-state index contributed by atoms with van der Waals surface area (Å²) in [4.78, 5) is 4.17. The van der Waals surface area contributed by atoms with Gasteiger partial charge in [-0.25, -0.2) is 9.38 Å². The first kappa shape index (κ1) is 10.7. The number of hydrogen-bond acceptors (Lipinski definition) is 1. The summed E-state index contributed by atoms with van der Waals surface area (Å²) in [7, 11) is 0. The van der Waals surface area contributed by atoms with Crippen molar-refractivity contribution in [1.29, 1.82) is 0 Å². The third kappa shape index (κ3) is 3.56. The molecular formula is C11H15FN2. The Balaban J connectivity index is 2.71. The molecule has 0 fully saturated rings.